The molecule has 0 aliphatic carbocycles. The fraction of sp³-hybridized carbons (Fsp3) is 0.529. The van der Waals surface area contributed by atoms with Gasteiger partial charge in [-0.25, -0.2) is 4.98 Å². The Bertz CT molecular complexity index is 733. The highest BCUT2D eigenvalue weighted by atomic mass is 16.5. The third kappa shape index (κ3) is 3.79. The van der Waals surface area contributed by atoms with Crippen LogP contribution in [-0.4, -0.2) is 51.4 Å². The lowest BCUT2D eigenvalue weighted by molar-refractivity contribution is 0.0254. The Balaban J connectivity index is 1.65. The van der Waals surface area contributed by atoms with Gasteiger partial charge in [-0.3, -0.25) is 9.78 Å². The first kappa shape index (κ1) is 17.3. The molecule has 0 aromatic carbocycles. The van der Waals surface area contributed by atoms with Crippen LogP contribution >= 0.6 is 0 Å². The summed E-state index contributed by atoms with van der Waals surface area (Å²) < 4.78 is 5.10. The molecule has 1 amide bonds. The first-order valence-electron chi connectivity index (χ1n) is 8.49. The van der Waals surface area contributed by atoms with Gasteiger partial charge in [0.25, 0.3) is 5.91 Å². The Hall–Kier alpha value is -2.48. The summed E-state index contributed by atoms with van der Waals surface area (Å²) in [5.74, 6) is 0.960. The van der Waals surface area contributed by atoms with Crippen molar-refractivity contribution in [3.8, 4) is 0 Å². The van der Waals surface area contributed by atoms with Crippen molar-refractivity contribution in [1.82, 2.24) is 20.4 Å². The molecular formula is C17H23N5O3. The summed E-state index contributed by atoms with van der Waals surface area (Å²) in [6, 6.07) is 0. The van der Waals surface area contributed by atoms with Crippen molar-refractivity contribution in [2.45, 2.75) is 38.7 Å². The second-order valence-corrected chi connectivity index (χ2v) is 6.41. The molecule has 0 radical (unpaired) electrons. The topological polar surface area (TPSA) is 104 Å². The molecule has 3 rings (SSSR count). The Kier molecular flexibility index (Phi) is 4.98. The van der Waals surface area contributed by atoms with Crippen LogP contribution < -0.4 is 10.2 Å². The SMILES string of the molecule is CCc1noc(C)c1C(=O)NC[C@@]1(O)CCCN(c2cnccn2)C1. The van der Waals surface area contributed by atoms with Gasteiger partial charge in [0, 0.05) is 32.0 Å². The summed E-state index contributed by atoms with van der Waals surface area (Å²) in [6.07, 6.45) is 6.98. The number of carbonyl (C=O) groups is 1. The molecule has 0 spiro atoms. The van der Waals surface area contributed by atoms with Crippen molar-refractivity contribution in [1.29, 1.82) is 0 Å². The van der Waals surface area contributed by atoms with E-state index in [9.17, 15) is 9.90 Å². The number of β-amino-alcohol motifs (C(OH)–C–C–N with tert-alkyl or cyclic N) is 1. The third-order valence-corrected chi connectivity index (χ3v) is 4.50. The van der Waals surface area contributed by atoms with E-state index in [-0.39, 0.29) is 12.5 Å². The maximum absolute atomic E-state index is 12.5. The van der Waals surface area contributed by atoms with Crippen molar-refractivity contribution in [3.05, 3.63) is 35.6 Å². The maximum Gasteiger partial charge on any atom is 0.256 e. The molecule has 3 heterocycles. The molecule has 8 heteroatoms. The number of aliphatic hydroxyl groups is 1. The first-order valence-corrected chi connectivity index (χ1v) is 8.49. The van der Waals surface area contributed by atoms with Gasteiger partial charge >= 0.3 is 0 Å². The van der Waals surface area contributed by atoms with Crippen LogP contribution in [0, 0.1) is 6.92 Å². The maximum atomic E-state index is 12.5. The normalized spacial score (nSPS) is 20.5. The van der Waals surface area contributed by atoms with Crippen LogP contribution in [0.5, 0.6) is 0 Å². The standard InChI is InChI=1S/C17H23N5O3/c1-3-13-15(12(2)25-21-13)16(23)20-10-17(24)5-4-8-22(11-17)14-9-18-6-7-19-14/h6-7,9,24H,3-5,8,10-11H2,1-2H3,(H,20,23)/t17-/m0/s1. The molecule has 1 saturated heterocycles. The molecule has 1 fully saturated rings. The van der Waals surface area contributed by atoms with Crippen molar-refractivity contribution >= 4 is 11.7 Å². The minimum Gasteiger partial charge on any atom is -0.386 e. The van der Waals surface area contributed by atoms with Crippen molar-refractivity contribution in [3.63, 3.8) is 0 Å². The van der Waals surface area contributed by atoms with E-state index < -0.39 is 5.60 Å². The zero-order valence-electron chi connectivity index (χ0n) is 14.5. The van der Waals surface area contributed by atoms with E-state index in [1.54, 1.807) is 25.5 Å². The quantitative estimate of drug-likeness (QED) is 0.836. The molecule has 1 aliphatic rings. The third-order valence-electron chi connectivity index (χ3n) is 4.50. The van der Waals surface area contributed by atoms with Crippen LogP contribution in [0.15, 0.2) is 23.1 Å². The minimum absolute atomic E-state index is 0.163. The monoisotopic (exact) mass is 345 g/mol. The highest BCUT2D eigenvalue weighted by Gasteiger charge is 2.34. The zero-order valence-corrected chi connectivity index (χ0v) is 14.5. The number of anilines is 1. The average Bonchev–Trinajstić information content (AvgIpc) is 3.01. The summed E-state index contributed by atoms with van der Waals surface area (Å²) in [7, 11) is 0. The molecule has 134 valence electrons. The highest BCUT2D eigenvalue weighted by molar-refractivity contribution is 5.96. The Morgan fingerprint density at radius 2 is 2.32 bits per heavy atom. The molecule has 8 nitrogen and oxygen atoms in total. The smallest absolute Gasteiger partial charge is 0.256 e. The van der Waals surface area contributed by atoms with E-state index in [0.717, 1.165) is 18.8 Å². The van der Waals surface area contributed by atoms with Crippen molar-refractivity contribution < 1.29 is 14.4 Å². The molecule has 2 aromatic rings. The number of nitrogens with one attached hydrogen (secondary N) is 1. The molecule has 0 unspecified atom stereocenters. The number of hydrogen-bond donors (Lipinski definition) is 2. The number of piperidine rings is 1. The molecule has 25 heavy (non-hydrogen) atoms. The number of carbonyl (C=O) groups excluding carboxylic acids is 1. The van der Waals surface area contributed by atoms with Crippen LogP contribution in [0.4, 0.5) is 5.82 Å². The largest absolute Gasteiger partial charge is 0.386 e. The predicted octanol–water partition coefficient (Wildman–Crippen LogP) is 1.10. The molecule has 0 bridgehead atoms. The Morgan fingerprint density at radius 3 is 3.04 bits per heavy atom. The van der Waals surface area contributed by atoms with E-state index in [4.69, 9.17) is 4.52 Å². The van der Waals surface area contributed by atoms with E-state index in [2.05, 4.69) is 20.4 Å². The van der Waals surface area contributed by atoms with E-state index >= 15 is 0 Å². The molecule has 2 aromatic heterocycles. The summed E-state index contributed by atoms with van der Waals surface area (Å²) >= 11 is 0. The first-order chi connectivity index (χ1) is 12.0. The van der Waals surface area contributed by atoms with Crippen LogP contribution in [0.3, 0.4) is 0 Å². The molecule has 2 N–H and O–H groups in total. The van der Waals surface area contributed by atoms with Gasteiger partial charge in [-0.15, -0.1) is 0 Å². The summed E-state index contributed by atoms with van der Waals surface area (Å²) in [6.45, 7) is 5.00. The fourth-order valence-corrected chi connectivity index (χ4v) is 3.19. The number of hydrogen-bond acceptors (Lipinski definition) is 7. The molecule has 1 aliphatic heterocycles. The van der Waals surface area contributed by atoms with Crippen LogP contribution in [0.1, 0.15) is 41.6 Å². The van der Waals surface area contributed by atoms with Gasteiger partial charge in [0.05, 0.1) is 17.5 Å². The number of aryl methyl sites for hydroxylation is 2. The molecule has 0 saturated carbocycles. The van der Waals surface area contributed by atoms with Gasteiger partial charge < -0.3 is 19.8 Å². The van der Waals surface area contributed by atoms with Gasteiger partial charge in [0.1, 0.15) is 17.1 Å². The second kappa shape index (κ2) is 7.18. The zero-order chi connectivity index (χ0) is 17.9. The van der Waals surface area contributed by atoms with Crippen LogP contribution in [-0.2, 0) is 6.42 Å². The average molecular weight is 345 g/mol. The highest BCUT2D eigenvalue weighted by Crippen LogP contribution is 2.24. The van der Waals surface area contributed by atoms with Crippen molar-refractivity contribution in [2.24, 2.45) is 0 Å². The fourth-order valence-electron chi connectivity index (χ4n) is 3.19. The van der Waals surface area contributed by atoms with E-state index in [0.29, 0.717) is 36.4 Å². The predicted molar refractivity (Wildman–Crippen MR) is 91.4 cm³/mol. The Labute approximate surface area is 146 Å². The summed E-state index contributed by atoms with van der Waals surface area (Å²) in [4.78, 5) is 22.8. The lowest BCUT2D eigenvalue weighted by atomic mass is 9.92. The van der Waals surface area contributed by atoms with Gasteiger partial charge in [-0.2, -0.15) is 0 Å². The van der Waals surface area contributed by atoms with Gasteiger partial charge in [0.15, 0.2) is 0 Å². The number of rotatable bonds is 5. The number of amides is 1. The number of aromatic nitrogens is 3. The van der Waals surface area contributed by atoms with Crippen LogP contribution in [0.25, 0.3) is 0 Å². The lowest BCUT2D eigenvalue weighted by Gasteiger charge is -2.39. The Morgan fingerprint density at radius 1 is 1.48 bits per heavy atom. The molecule has 1 atom stereocenters. The summed E-state index contributed by atoms with van der Waals surface area (Å²) in [5.41, 5.74) is 0.0857. The van der Waals surface area contributed by atoms with Gasteiger partial charge in [-0.05, 0) is 26.2 Å². The minimum atomic E-state index is -1.01. The molecular weight excluding hydrogens is 322 g/mol. The van der Waals surface area contributed by atoms with Gasteiger partial charge in [-0.1, -0.05) is 12.1 Å². The van der Waals surface area contributed by atoms with Gasteiger partial charge in [0.2, 0.25) is 0 Å². The van der Waals surface area contributed by atoms with E-state index in [1.165, 1.54) is 0 Å². The van der Waals surface area contributed by atoms with Crippen molar-refractivity contribution in [2.75, 3.05) is 24.5 Å². The summed E-state index contributed by atoms with van der Waals surface area (Å²) in [5, 5.41) is 17.6. The van der Waals surface area contributed by atoms with E-state index in [1.807, 2.05) is 11.8 Å². The van der Waals surface area contributed by atoms with Crippen LogP contribution in [0.2, 0.25) is 0 Å². The number of nitrogens with zero attached hydrogens (tertiary/aromatic N) is 4. The lowest BCUT2D eigenvalue weighted by Crippen LogP contribution is -2.54. The second-order valence-electron chi connectivity index (χ2n) is 6.41.